The molecule has 3 rings (SSSR count). The third-order valence-electron chi connectivity index (χ3n) is 5.41. The predicted octanol–water partition coefficient (Wildman–Crippen LogP) is 5.84. The van der Waals surface area contributed by atoms with Crippen LogP contribution in [0, 0.1) is 0 Å². The SMILES string of the molecule is CC.CCC(C)c1cc(CCc2cnc(Nc3ccc(OC)cc3)nc2)cc(C(=O)NOC)c1. The summed E-state index contributed by atoms with van der Waals surface area (Å²) in [6.45, 7) is 8.31. The third kappa shape index (κ3) is 7.85. The molecule has 1 unspecified atom stereocenters. The number of nitrogens with one attached hydrogen (secondary N) is 2. The normalized spacial score (nSPS) is 11.1. The van der Waals surface area contributed by atoms with Gasteiger partial charge in [-0.3, -0.25) is 9.63 Å². The molecule has 1 aromatic heterocycles. The first-order valence-electron chi connectivity index (χ1n) is 11.7. The second-order valence-electron chi connectivity index (χ2n) is 7.68. The molecule has 0 spiro atoms. The van der Waals surface area contributed by atoms with Crippen LogP contribution in [0.3, 0.4) is 0 Å². The average molecular weight is 465 g/mol. The molecule has 7 heteroatoms. The van der Waals surface area contributed by atoms with Crippen LogP contribution in [0.2, 0.25) is 0 Å². The summed E-state index contributed by atoms with van der Waals surface area (Å²) in [5.41, 5.74) is 7.19. The van der Waals surface area contributed by atoms with Crippen LogP contribution in [0.4, 0.5) is 11.6 Å². The van der Waals surface area contributed by atoms with Gasteiger partial charge >= 0.3 is 0 Å². The molecule has 0 bridgehead atoms. The lowest BCUT2D eigenvalue weighted by Gasteiger charge is -2.14. The summed E-state index contributed by atoms with van der Waals surface area (Å²) in [5.74, 6) is 1.47. The second kappa shape index (κ2) is 14.0. The zero-order valence-corrected chi connectivity index (χ0v) is 21.0. The van der Waals surface area contributed by atoms with Crippen LogP contribution in [0.5, 0.6) is 5.75 Å². The lowest BCUT2D eigenvalue weighted by Crippen LogP contribution is -2.22. The molecule has 1 atom stereocenters. The monoisotopic (exact) mass is 464 g/mol. The Kier molecular flexibility index (Phi) is 11.0. The molecule has 0 saturated heterocycles. The van der Waals surface area contributed by atoms with Crippen LogP contribution in [0.15, 0.2) is 54.9 Å². The summed E-state index contributed by atoms with van der Waals surface area (Å²) < 4.78 is 5.17. The minimum absolute atomic E-state index is 0.240. The Bertz CT molecular complexity index is 1020. The quantitative estimate of drug-likeness (QED) is 0.366. The highest BCUT2D eigenvalue weighted by Gasteiger charge is 2.12. The first-order chi connectivity index (χ1) is 16.5. The van der Waals surface area contributed by atoms with E-state index in [2.05, 4.69) is 40.7 Å². The molecule has 7 nitrogen and oxygen atoms in total. The van der Waals surface area contributed by atoms with Crippen molar-refractivity contribution in [3.05, 3.63) is 77.1 Å². The molecule has 0 aliphatic rings. The van der Waals surface area contributed by atoms with Crippen LogP contribution in [-0.4, -0.2) is 30.1 Å². The van der Waals surface area contributed by atoms with Crippen molar-refractivity contribution in [3.8, 4) is 5.75 Å². The van der Waals surface area contributed by atoms with Crippen LogP contribution in [-0.2, 0) is 17.7 Å². The highest BCUT2D eigenvalue weighted by molar-refractivity contribution is 5.93. The topological polar surface area (TPSA) is 85.4 Å². The number of anilines is 2. The van der Waals surface area contributed by atoms with Crippen LogP contribution in [0.25, 0.3) is 0 Å². The Hall–Kier alpha value is -3.45. The summed E-state index contributed by atoms with van der Waals surface area (Å²) in [5, 5.41) is 3.18. The largest absolute Gasteiger partial charge is 0.497 e. The molecular weight excluding hydrogens is 428 g/mol. The smallest absolute Gasteiger partial charge is 0.274 e. The van der Waals surface area contributed by atoms with Crippen molar-refractivity contribution in [2.45, 2.75) is 52.9 Å². The highest BCUT2D eigenvalue weighted by Crippen LogP contribution is 2.23. The third-order valence-corrected chi connectivity index (χ3v) is 5.41. The molecule has 0 fully saturated rings. The van der Waals surface area contributed by atoms with Gasteiger partial charge in [-0.15, -0.1) is 0 Å². The Morgan fingerprint density at radius 3 is 2.21 bits per heavy atom. The van der Waals surface area contributed by atoms with Gasteiger partial charge in [0.25, 0.3) is 5.91 Å². The van der Waals surface area contributed by atoms with Gasteiger partial charge in [-0.25, -0.2) is 15.4 Å². The lowest BCUT2D eigenvalue weighted by molar-refractivity contribution is 0.0537. The van der Waals surface area contributed by atoms with Crippen molar-refractivity contribution >= 4 is 17.5 Å². The van der Waals surface area contributed by atoms with E-state index in [0.29, 0.717) is 17.4 Å². The fraction of sp³-hybridized carbons (Fsp3) is 0.370. The van der Waals surface area contributed by atoms with Gasteiger partial charge < -0.3 is 10.1 Å². The number of methoxy groups -OCH3 is 1. The number of aromatic nitrogens is 2. The number of hydrogen-bond donors (Lipinski definition) is 2. The van der Waals surface area contributed by atoms with E-state index in [0.717, 1.165) is 47.4 Å². The number of carbonyl (C=O) groups is 1. The summed E-state index contributed by atoms with van der Waals surface area (Å²) in [6, 6.07) is 13.6. The van der Waals surface area contributed by atoms with E-state index >= 15 is 0 Å². The minimum Gasteiger partial charge on any atom is -0.497 e. The first-order valence-corrected chi connectivity index (χ1v) is 11.7. The zero-order chi connectivity index (χ0) is 24.9. The molecule has 2 N–H and O–H groups in total. The fourth-order valence-electron chi connectivity index (χ4n) is 3.31. The number of aryl methyl sites for hydroxylation is 2. The lowest BCUT2D eigenvalue weighted by atomic mass is 9.92. The van der Waals surface area contributed by atoms with E-state index in [1.807, 2.05) is 62.6 Å². The van der Waals surface area contributed by atoms with Gasteiger partial charge in [-0.1, -0.05) is 33.8 Å². The summed E-state index contributed by atoms with van der Waals surface area (Å²) in [6.07, 6.45) is 6.22. The molecular formula is C27H36N4O3. The van der Waals surface area contributed by atoms with Gasteiger partial charge in [-0.05, 0) is 78.3 Å². The molecule has 1 heterocycles. The van der Waals surface area contributed by atoms with Crippen molar-refractivity contribution < 1.29 is 14.4 Å². The molecule has 3 aromatic rings. The zero-order valence-electron chi connectivity index (χ0n) is 21.0. The van der Waals surface area contributed by atoms with Gasteiger partial charge in [0.1, 0.15) is 5.75 Å². The predicted molar refractivity (Wildman–Crippen MR) is 137 cm³/mol. The maximum absolute atomic E-state index is 12.3. The Labute approximate surface area is 202 Å². The van der Waals surface area contributed by atoms with E-state index in [1.54, 1.807) is 7.11 Å². The standard InChI is InChI=1S/C25H30N4O3.C2H6/c1-5-17(2)20-12-18(13-21(14-20)24(30)29-32-4)6-7-19-15-26-25(27-16-19)28-22-8-10-23(31-3)11-9-22;1-2/h8-17H,5-7H2,1-4H3,(H,29,30)(H,26,27,28);1-2H3. The summed E-state index contributed by atoms with van der Waals surface area (Å²) >= 11 is 0. The van der Waals surface area contributed by atoms with Crippen LogP contribution in [0.1, 0.15) is 67.1 Å². The number of amides is 1. The molecule has 0 aliphatic heterocycles. The van der Waals surface area contributed by atoms with Gasteiger partial charge in [-0.2, -0.15) is 0 Å². The molecule has 0 saturated carbocycles. The molecule has 1 amide bonds. The highest BCUT2D eigenvalue weighted by atomic mass is 16.6. The molecule has 34 heavy (non-hydrogen) atoms. The number of hydroxylamine groups is 1. The molecule has 0 aliphatic carbocycles. The van der Waals surface area contributed by atoms with E-state index in [1.165, 1.54) is 7.11 Å². The number of nitrogens with zero attached hydrogens (tertiary/aromatic N) is 2. The average Bonchev–Trinajstić information content (AvgIpc) is 2.89. The number of carbonyl (C=O) groups excluding carboxylic acids is 1. The maximum atomic E-state index is 12.3. The van der Waals surface area contributed by atoms with E-state index < -0.39 is 0 Å². The minimum atomic E-state index is -0.240. The van der Waals surface area contributed by atoms with E-state index in [-0.39, 0.29) is 5.91 Å². The second-order valence-corrected chi connectivity index (χ2v) is 7.68. The van der Waals surface area contributed by atoms with Crippen LogP contribution >= 0.6 is 0 Å². The number of benzene rings is 2. The Morgan fingerprint density at radius 2 is 1.62 bits per heavy atom. The summed E-state index contributed by atoms with van der Waals surface area (Å²) in [4.78, 5) is 25.9. The van der Waals surface area contributed by atoms with Crippen molar-refractivity contribution in [1.29, 1.82) is 0 Å². The van der Waals surface area contributed by atoms with Crippen molar-refractivity contribution in [1.82, 2.24) is 15.4 Å². The molecule has 2 aromatic carbocycles. The maximum Gasteiger partial charge on any atom is 0.274 e. The van der Waals surface area contributed by atoms with Gasteiger partial charge in [0.05, 0.1) is 14.2 Å². The first kappa shape index (κ1) is 26.8. The number of hydrogen-bond acceptors (Lipinski definition) is 6. The Balaban J connectivity index is 0.00000199. The van der Waals surface area contributed by atoms with Gasteiger partial charge in [0.2, 0.25) is 5.95 Å². The fourth-order valence-corrected chi connectivity index (χ4v) is 3.31. The summed E-state index contributed by atoms with van der Waals surface area (Å²) in [7, 11) is 3.07. The molecule has 0 radical (unpaired) electrons. The van der Waals surface area contributed by atoms with E-state index in [9.17, 15) is 4.79 Å². The van der Waals surface area contributed by atoms with E-state index in [4.69, 9.17) is 9.57 Å². The number of ether oxygens (including phenoxy) is 1. The number of rotatable bonds is 10. The van der Waals surface area contributed by atoms with Crippen molar-refractivity contribution in [3.63, 3.8) is 0 Å². The molecule has 182 valence electrons. The van der Waals surface area contributed by atoms with Crippen molar-refractivity contribution in [2.75, 3.05) is 19.5 Å². The van der Waals surface area contributed by atoms with Crippen molar-refractivity contribution in [2.24, 2.45) is 0 Å². The van der Waals surface area contributed by atoms with Crippen LogP contribution < -0.4 is 15.5 Å². The van der Waals surface area contributed by atoms with Gasteiger partial charge in [0, 0.05) is 23.6 Å². The Morgan fingerprint density at radius 1 is 0.971 bits per heavy atom. The van der Waals surface area contributed by atoms with Gasteiger partial charge in [0.15, 0.2) is 0 Å².